The average Bonchev–Trinajstić information content (AvgIpc) is 3.83. The molecule has 3 aromatic carbocycles. The number of primary amides is 2. The van der Waals surface area contributed by atoms with E-state index in [-0.39, 0.29) is 39.0 Å². The summed E-state index contributed by atoms with van der Waals surface area (Å²) in [7, 11) is 0. The SMILES string of the molecule is CC(C)[C@H](NC(=O)O)C(=O)N1CCC[C@@]1(C(N)=O)c1cccc(CN(Cc2cccc([C@]3(C(N)=O)CCCN3C(=O)[C@@H](NC(=O)O)C(C)C)c2)c2ccc(F)cc2)c1. The second-order valence-corrected chi connectivity index (χ2v) is 15.7. The molecule has 2 fully saturated rings. The highest BCUT2D eigenvalue weighted by atomic mass is 19.1. The van der Waals surface area contributed by atoms with Crippen LogP contribution >= 0.6 is 0 Å². The minimum atomic E-state index is -1.54. The number of likely N-dealkylation sites (tertiary alicyclic amines) is 2. The lowest BCUT2D eigenvalue weighted by Crippen LogP contribution is -2.59. The Bertz CT molecular complexity index is 1920. The molecule has 0 aromatic heterocycles. The van der Waals surface area contributed by atoms with E-state index in [4.69, 9.17) is 11.5 Å². The van der Waals surface area contributed by atoms with E-state index in [1.165, 1.54) is 21.9 Å². The molecular formula is C42H52FN7O8. The third-order valence-corrected chi connectivity index (χ3v) is 11.3. The lowest BCUT2D eigenvalue weighted by atomic mass is 9.84. The maximum atomic E-state index is 14.2. The van der Waals surface area contributed by atoms with E-state index in [0.29, 0.717) is 40.8 Å². The average molecular weight is 802 g/mol. The third kappa shape index (κ3) is 8.55. The normalized spacial score (nSPS) is 20.1. The molecule has 2 aliphatic rings. The van der Waals surface area contributed by atoms with Gasteiger partial charge in [-0.15, -0.1) is 0 Å². The first-order valence-electron chi connectivity index (χ1n) is 19.3. The van der Waals surface area contributed by atoms with Crippen LogP contribution in [0.15, 0.2) is 72.8 Å². The maximum absolute atomic E-state index is 14.2. The number of carbonyl (C=O) groups is 6. The van der Waals surface area contributed by atoms with Crippen LogP contribution < -0.4 is 27.0 Å². The van der Waals surface area contributed by atoms with Crippen molar-refractivity contribution in [2.75, 3.05) is 18.0 Å². The Balaban J connectivity index is 1.51. The molecule has 16 heteroatoms. The van der Waals surface area contributed by atoms with Crippen LogP contribution in [0.5, 0.6) is 0 Å². The molecule has 2 heterocycles. The molecule has 2 aliphatic heterocycles. The number of carboxylic acid groups (broad SMARTS) is 2. The fourth-order valence-corrected chi connectivity index (χ4v) is 8.45. The monoisotopic (exact) mass is 801 g/mol. The highest BCUT2D eigenvalue weighted by Gasteiger charge is 2.53. The largest absolute Gasteiger partial charge is 0.465 e. The van der Waals surface area contributed by atoms with Gasteiger partial charge in [0.05, 0.1) is 0 Å². The first-order valence-corrected chi connectivity index (χ1v) is 19.3. The molecule has 6 amide bonds. The summed E-state index contributed by atoms with van der Waals surface area (Å²) in [5.41, 5.74) is 12.1. The lowest BCUT2D eigenvalue weighted by molar-refractivity contribution is -0.146. The topological polar surface area (TPSA) is 229 Å². The first kappa shape index (κ1) is 42.9. The van der Waals surface area contributed by atoms with Crippen molar-refractivity contribution >= 4 is 41.5 Å². The van der Waals surface area contributed by atoms with Crippen LogP contribution in [0.4, 0.5) is 19.7 Å². The Morgan fingerprint density at radius 2 is 1.09 bits per heavy atom. The smallest absolute Gasteiger partial charge is 0.405 e. The summed E-state index contributed by atoms with van der Waals surface area (Å²) in [5.74, 6) is -3.87. The van der Waals surface area contributed by atoms with Crippen LogP contribution in [0.2, 0.25) is 0 Å². The third-order valence-electron chi connectivity index (χ3n) is 11.3. The number of hydrogen-bond donors (Lipinski definition) is 6. The van der Waals surface area contributed by atoms with Crippen LogP contribution in [0, 0.1) is 17.7 Å². The summed E-state index contributed by atoms with van der Waals surface area (Å²) in [6.45, 7) is 7.67. The fourth-order valence-electron chi connectivity index (χ4n) is 8.45. The van der Waals surface area contributed by atoms with Gasteiger partial charge in [0, 0.05) is 31.9 Å². The zero-order valence-electron chi connectivity index (χ0n) is 33.1. The van der Waals surface area contributed by atoms with Crippen molar-refractivity contribution in [2.45, 2.75) is 89.6 Å². The van der Waals surface area contributed by atoms with E-state index in [1.807, 2.05) is 17.0 Å². The van der Waals surface area contributed by atoms with Gasteiger partial charge in [-0.25, -0.2) is 14.0 Å². The van der Waals surface area contributed by atoms with Crippen molar-refractivity contribution in [1.29, 1.82) is 0 Å². The van der Waals surface area contributed by atoms with Crippen molar-refractivity contribution in [3.63, 3.8) is 0 Å². The first-order chi connectivity index (χ1) is 27.4. The van der Waals surface area contributed by atoms with Crippen molar-refractivity contribution in [3.8, 4) is 0 Å². The minimum absolute atomic E-state index is 0.193. The summed E-state index contributed by atoms with van der Waals surface area (Å²) in [6, 6.07) is 17.9. The standard InChI is InChI=1S/C42H52FN7O8/c1-25(2)33(46-39(55)56)35(51)49-19-7-17-41(49,37(44)53)29-11-5-9-27(21-29)23-48(32-15-13-31(43)14-16-32)24-28-10-6-12-30(22-28)42(38(45)54)18-8-20-50(42)36(52)34(26(3)4)47-40(57)58/h5-6,9-16,21-22,25-26,33-34,46-47H,7-8,17-20,23-24H2,1-4H3,(H2,44,53)(H2,45,54)(H,55,56)(H,57,58)/t33-,34-,41-,42-/m0/s1. The van der Waals surface area contributed by atoms with E-state index < -0.39 is 76.6 Å². The molecule has 310 valence electrons. The zero-order chi connectivity index (χ0) is 42.5. The molecule has 58 heavy (non-hydrogen) atoms. The molecule has 0 spiro atoms. The summed E-state index contributed by atoms with van der Waals surface area (Å²) >= 11 is 0. The highest BCUT2D eigenvalue weighted by Crippen LogP contribution is 2.42. The van der Waals surface area contributed by atoms with Gasteiger partial charge < -0.3 is 47.0 Å². The number of nitrogens with one attached hydrogen (secondary N) is 2. The van der Waals surface area contributed by atoms with Crippen molar-refractivity contribution < 1.29 is 43.4 Å². The van der Waals surface area contributed by atoms with Crippen LogP contribution in [-0.4, -0.2) is 81.0 Å². The highest BCUT2D eigenvalue weighted by molar-refractivity contribution is 5.96. The predicted molar refractivity (Wildman–Crippen MR) is 212 cm³/mol. The number of amides is 6. The molecule has 2 saturated heterocycles. The number of nitrogens with two attached hydrogens (primary N) is 2. The minimum Gasteiger partial charge on any atom is -0.465 e. The maximum Gasteiger partial charge on any atom is 0.405 e. The summed E-state index contributed by atoms with van der Waals surface area (Å²) in [4.78, 5) is 82.6. The van der Waals surface area contributed by atoms with E-state index >= 15 is 0 Å². The Morgan fingerprint density at radius 3 is 1.43 bits per heavy atom. The fraction of sp³-hybridized carbons (Fsp3) is 0.429. The van der Waals surface area contributed by atoms with Crippen molar-refractivity contribution in [2.24, 2.45) is 23.3 Å². The summed E-state index contributed by atoms with van der Waals surface area (Å²) < 4.78 is 14.2. The van der Waals surface area contributed by atoms with Crippen LogP contribution in [-0.2, 0) is 43.3 Å². The molecule has 8 N–H and O–H groups in total. The van der Waals surface area contributed by atoms with Gasteiger partial charge in [0.25, 0.3) is 0 Å². The molecule has 3 aromatic rings. The van der Waals surface area contributed by atoms with E-state index in [1.54, 1.807) is 76.2 Å². The Hall–Kier alpha value is -6.19. The quantitative estimate of drug-likeness (QED) is 0.129. The van der Waals surface area contributed by atoms with Gasteiger partial charge in [0.15, 0.2) is 0 Å². The second-order valence-electron chi connectivity index (χ2n) is 15.7. The number of rotatable bonds is 15. The van der Waals surface area contributed by atoms with Gasteiger partial charge in [-0.1, -0.05) is 76.2 Å². The molecule has 0 aliphatic carbocycles. The van der Waals surface area contributed by atoms with Gasteiger partial charge in [0.1, 0.15) is 29.0 Å². The van der Waals surface area contributed by atoms with Crippen molar-refractivity contribution in [3.05, 3.63) is 101 Å². The Labute approximate surface area is 336 Å². The molecule has 15 nitrogen and oxygen atoms in total. The van der Waals surface area contributed by atoms with Gasteiger partial charge in [-0.05, 0) is 84.0 Å². The number of benzene rings is 3. The zero-order valence-corrected chi connectivity index (χ0v) is 33.1. The summed E-state index contributed by atoms with van der Waals surface area (Å²) in [5, 5.41) is 23.5. The summed E-state index contributed by atoms with van der Waals surface area (Å²) in [6.07, 6.45) is -1.35. The van der Waals surface area contributed by atoms with E-state index in [9.17, 15) is 43.4 Å². The number of carbonyl (C=O) groups excluding carboxylic acids is 4. The van der Waals surface area contributed by atoms with E-state index in [0.717, 1.165) is 0 Å². The predicted octanol–water partition coefficient (Wildman–Crippen LogP) is 4.22. The number of halogens is 1. The Kier molecular flexibility index (Phi) is 13.0. The second kappa shape index (κ2) is 17.5. The number of hydrogen-bond acceptors (Lipinski definition) is 7. The molecule has 0 radical (unpaired) electrons. The van der Waals surface area contributed by atoms with E-state index in [2.05, 4.69) is 10.6 Å². The molecule has 0 bridgehead atoms. The van der Waals surface area contributed by atoms with Gasteiger partial charge in [0.2, 0.25) is 23.6 Å². The van der Waals surface area contributed by atoms with Gasteiger partial charge in [-0.3, -0.25) is 19.2 Å². The molecule has 0 saturated carbocycles. The molecular weight excluding hydrogens is 750 g/mol. The molecule has 5 rings (SSSR count). The molecule has 4 atom stereocenters. The lowest BCUT2D eigenvalue weighted by Gasteiger charge is -2.39. The van der Waals surface area contributed by atoms with Crippen LogP contribution in [0.25, 0.3) is 0 Å². The van der Waals surface area contributed by atoms with Crippen LogP contribution in [0.3, 0.4) is 0 Å². The van der Waals surface area contributed by atoms with Crippen LogP contribution in [0.1, 0.15) is 75.6 Å². The number of nitrogens with zero attached hydrogens (tertiary/aromatic N) is 3. The molecule has 0 unspecified atom stereocenters. The number of anilines is 1. The Morgan fingerprint density at radius 1 is 0.690 bits per heavy atom. The van der Waals surface area contributed by atoms with Gasteiger partial charge in [-0.2, -0.15) is 0 Å². The van der Waals surface area contributed by atoms with Crippen molar-refractivity contribution in [1.82, 2.24) is 20.4 Å². The van der Waals surface area contributed by atoms with Gasteiger partial charge >= 0.3 is 12.2 Å².